The standard InChI is InChI=1S/C15H16N4OS2/c1-4-11-5-6-13(22-11)12(20)8-21-15-18-17-14-16-9(2)7-10(3)19(14)15/h5-7H,4,8H2,1-3H3. The predicted octanol–water partition coefficient (Wildman–Crippen LogP) is 3.34. The van der Waals surface area contributed by atoms with Crippen LogP contribution in [0.1, 0.15) is 32.9 Å². The second-order valence-corrected chi connectivity index (χ2v) is 7.10. The monoisotopic (exact) mass is 332 g/mol. The van der Waals surface area contributed by atoms with E-state index >= 15 is 0 Å². The van der Waals surface area contributed by atoms with Crippen molar-refractivity contribution >= 4 is 34.7 Å². The van der Waals surface area contributed by atoms with Crippen LogP contribution in [0, 0.1) is 13.8 Å². The Morgan fingerprint density at radius 2 is 2.14 bits per heavy atom. The van der Waals surface area contributed by atoms with Gasteiger partial charge >= 0.3 is 0 Å². The van der Waals surface area contributed by atoms with Gasteiger partial charge in [-0.15, -0.1) is 21.5 Å². The van der Waals surface area contributed by atoms with Gasteiger partial charge in [0.1, 0.15) is 0 Å². The molecule has 0 spiro atoms. The number of hydrogen-bond acceptors (Lipinski definition) is 6. The summed E-state index contributed by atoms with van der Waals surface area (Å²) in [6, 6.07) is 5.91. The van der Waals surface area contributed by atoms with Gasteiger partial charge in [0.25, 0.3) is 5.78 Å². The van der Waals surface area contributed by atoms with Crippen LogP contribution in [-0.2, 0) is 6.42 Å². The topological polar surface area (TPSA) is 60.2 Å². The molecule has 5 nitrogen and oxygen atoms in total. The zero-order valence-corrected chi connectivity index (χ0v) is 14.3. The number of thioether (sulfide) groups is 1. The minimum Gasteiger partial charge on any atom is -0.292 e. The number of carbonyl (C=O) groups excluding carboxylic acids is 1. The van der Waals surface area contributed by atoms with Crippen LogP contribution in [0.5, 0.6) is 0 Å². The number of aryl methyl sites for hydroxylation is 3. The maximum Gasteiger partial charge on any atom is 0.256 e. The molecule has 0 aliphatic heterocycles. The first kappa shape index (κ1) is 15.2. The SMILES string of the molecule is CCc1ccc(C(=O)CSc2nnc3nc(C)cc(C)n23)s1. The summed E-state index contributed by atoms with van der Waals surface area (Å²) in [6.45, 7) is 6.01. The lowest BCUT2D eigenvalue weighted by Crippen LogP contribution is -2.02. The van der Waals surface area contributed by atoms with Crippen LogP contribution in [0.25, 0.3) is 5.78 Å². The average Bonchev–Trinajstić information content (AvgIpc) is 3.11. The molecule has 0 bridgehead atoms. The molecule has 3 aromatic heterocycles. The number of nitrogens with zero attached hydrogens (tertiary/aromatic N) is 4. The normalized spacial score (nSPS) is 11.2. The van der Waals surface area contributed by atoms with Crippen molar-refractivity contribution in [3.63, 3.8) is 0 Å². The molecule has 22 heavy (non-hydrogen) atoms. The van der Waals surface area contributed by atoms with Crippen LogP contribution in [0.4, 0.5) is 0 Å². The summed E-state index contributed by atoms with van der Waals surface area (Å²) in [5, 5.41) is 8.94. The van der Waals surface area contributed by atoms with E-state index in [4.69, 9.17) is 0 Å². The number of aromatic nitrogens is 4. The number of Topliss-reactive ketones (excluding diaryl/α,β-unsaturated/α-hetero) is 1. The number of carbonyl (C=O) groups is 1. The average molecular weight is 332 g/mol. The van der Waals surface area contributed by atoms with Crippen molar-refractivity contribution in [1.29, 1.82) is 0 Å². The highest BCUT2D eigenvalue weighted by molar-refractivity contribution is 7.99. The molecule has 0 aromatic carbocycles. The molecule has 0 N–H and O–H groups in total. The summed E-state index contributed by atoms with van der Waals surface area (Å²) in [5.74, 6) is 1.07. The smallest absolute Gasteiger partial charge is 0.256 e. The summed E-state index contributed by atoms with van der Waals surface area (Å²) < 4.78 is 1.89. The second-order valence-electron chi connectivity index (χ2n) is 4.99. The molecule has 0 amide bonds. The largest absolute Gasteiger partial charge is 0.292 e. The van der Waals surface area contributed by atoms with Gasteiger partial charge in [0.05, 0.1) is 10.6 Å². The third-order valence-corrected chi connectivity index (χ3v) is 5.48. The minimum atomic E-state index is 0.129. The number of thiophene rings is 1. The summed E-state index contributed by atoms with van der Waals surface area (Å²) in [5.41, 5.74) is 1.93. The van der Waals surface area contributed by atoms with Crippen molar-refractivity contribution in [3.8, 4) is 0 Å². The van der Waals surface area contributed by atoms with Gasteiger partial charge in [0.15, 0.2) is 10.9 Å². The van der Waals surface area contributed by atoms with E-state index in [2.05, 4.69) is 22.1 Å². The van der Waals surface area contributed by atoms with E-state index in [1.165, 1.54) is 16.6 Å². The van der Waals surface area contributed by atoms with E-state index in [0.717, 1.165) is 22.7 Å². The zero-order valence-electron chi connectivity index (χ0n) is 12.7. The highest BCUT2D eigenvalue weighted by Crippen LogP contribution is 2.23. The molecule has 0 unspecified atom stereocenters. The molecule has 0 fully saturated rings. The highest BCUT2D eigenvalue weighted by atomic mass is 32.2. The van der Waals surface area contributed by atoms with E-state index in [9.17, 15) is 4.79 Å². The molecule has 3 heterocycles. The number of fused-ring (bicyclic) bond motifs is 1. The molecule has 0 aliphatic carbocycles. The predicted molar refractivity (Wildman–Crippen MR) is 89.0 cm³/mol. The molecule has 3 rings (SSSR count). The maximum atomic E-state index is 12.3. The van der Waals surface area contributed by atoms with E-state index in [0.29, 0.717) is 16.7 Å². The Hall–Kier alpha value is -1.73. The summed E-state index contributed by atoms with van der Waals surface area (Å²) in [6.07, 6.45) is 0.962. The van der Waals surface area contributed by atoms with Gasteiger partial charge in [-0.05, 0) is 38.5 Å². The van der Waals surface area contributed by atoms with Crippen molar-refractivity contribution in [2.24, 2.45) is 0 Å². The van der Waals surface area contributed by atoms with E-state index < -0.39 is 0 Å². The minimum absolute atomic E-state index is 0.129. The Bertz CT molecular complexity index is 837. The first-order valence-electron chi connectivity index (χ1n) is 7.02. The number of ketones is 1. The molecule has 3 aromatic rings. The van der Waals surface area contributed by atoms with Gasteiger partial charge in [-0.3, -0.25) is 9.20 Å². The quantitative estimate of drug-likeness (QED) is 0.530. The molecule has 0 radical (unpaired) electrons. The third-order valence-electron chi connectivity index (χ3n) is 3.28. The van der Waals surface area contributed by atoms with Crippen molar-refractivity contribution in [2.45, 2.75) is 32.3 Å². The van der Waals surface area contributed by atoms with Gasteiger partial charge < -0.3 is 0 Å². The lowest BCUT2D eigenvalue weighted by molar-refractivity contribution is 0.102. The molecule has 0 saturated heterocycles. The van der Waals surface area contributed by atoms with Crippen LogP contribution in [-0.4, -0.2) is 31.1 Å². The summed E-state index contributed by atoms with van der Waals surface area (Å²) in [4.78, 5) is 18.7. The number of rotatable bonds is 5. The van der Waals surface area contributed by atoms with Crippen LogP contribution in [0.3, 0.4) is 0 Å². The van der Waals surface area contributed by atoms with Crippen LogP contribution < -0.4 is 0 Å². The van der Waals surface area contributed by atoms with Crippen LogP contribution >= 0.6 is 23.1 Å². The second kappa shape index (κ2) is 6.18. The fraction of sp³-hybridized carbons (Fsp3) is 0.333. The molecule has 114 valence electrons. The first-order chi connectivity index (χ1) is 10.6. The highest BCUT2D eigenvalue weighted by Gasteiger charge is 2.14. The van der Waals surface area contributed by atoms with Crippen LogP contribution in [0.15, 0.2) is 23.4 Å². The molecule has 0 atom stereocenters. The zero-order chi connectivity index (χ0) is 15.7. The van der Waals surface area contributed by atoms with Crippen molar-refractivity contribution in [2.75, 3.05) is 5.75 Å². The summed E-state index contributed by atoms with van der Waals surface area (Å²) in [7, 11) is 0. The summed E-state index contributed by atoms with van der Waals surface area (Å²) >= 11 is 2.97. The molecule has 7 heteroatoms. The third kappa shape index (κ3) is 2.91. The maximum absolute atomic E-state index is 12.3. The van der Waals surface area contributed by atoms with Crippen LogP contribution in [0.2, 0.25) is 0 Å². The molecular formula is C15H16N4OS2. The van der Waals surface area contributed by atoms with Gasteiger partial charge in [-0.1, -0.05) is 18.7 Å². The van der Waals surface area contributed by atoms with Gasteiger partial charge in [0.2, 0.25) is 0 Å². The Morgan fingerprint density at radius 1 is 1.32 bits per heavy atom. The number of hydrogen-bond donors (Lipinski definition) is 0. The Morgan fingerprint density at radius 3 is 2.86 bits per heavy atom. The van der Waals surface area contributed by atoms with Gasteiger partial charge in [0, 0.05) is 16.3 Å². The van der Waals surface area contributed by atoms with E-state index in [-0.39, 0.29) is 5.78 Å². The van der Waals surface area contributed by atoms with Gasteiger partial charge in [-0.2, -0.15) is 0 Å². The Labute approximate surface area is 136 Å². The fourth-order valence-corrected chi connectivity index (χ4v) is 4.06. The molecule has 0 saturated carbocycles. The molecule has 0 aliphatic rings. The lowest BCUT2D eigenvalue weighted by Gasteiger charge is -2.03. The molecular weight excluding hydrogens is 316 g/mol. The first-order valence-corrected chi connectivity index (χ1v) is 8.82. The van der Waals surface area contributed by atoms with E-state index in [1.54, 1.807) is 11.3 Å². The van der Waals surface area contributed by atoms with Crippen molar-refractivity contribution in [1.82, 2.24) is 19.6 Å². The Kier molecular flexibility index (Phi) is 4.26. The fourth-order valence-electron chi connectivity index (χ4n) is 2.21. The van der Waals surface area contributed by atoms with Crippen molar-refractivity contribution in [3.05, 3.63) is 39.3 Å². The Balaban J connectivity index is 1.78. The van der Waals surface area contributed by atoms with Gasteiger partial charge in [-0.25, -0.2) is 4.98 Å². The van der Waals surface area contributed by atoms with E-state index in [1.807, 2.05) is 36.4 Å². The lowest BCUT2D eigenvalue weighted by atomic mass is 10.3. The van der Waals surface area contributed by atoms with Crippen molar-refractivity contribution < 1.29 is 4.79 Å².